The van der Waals surface area contributed by atoms with E-state index in [1.807, 2.05) is 48.2 Å². The van der Waals surface area contributed by atoms with E-state index < -0.39 is 0 Å². The lowest BCUT2D eigenvalue weighted by Gasteiger charge is -2.08. The highest BCUT2D eigenvalue weighted by Crippen LogP contribution is 2.25. The molecule has 0 aromatic heterocycles. The Hall–Kier alpha value is -1.80. The maximum Gasteiger partial charge on any atom is 0.185 e. The Labute approximate surface area is 137 Å². The van der Waals surface area contributed by atoms with Gasteiger partial charge in [0.15, 0.2) is 5.78 Å². The second-order valence-electron chi connectivity index (χ2n) is 5.11. The second kappa shape index (κ2) is 8.60. The minimum atomic E-state index is 0.0460. The van der Waals surface area contributed by atoms with Crippen LogP contribution in [0.4, 0.5) is 0 Å². The molecule has 1 nitrogen and oxygen atoms in total. The van der Waals surface area contributed by atoms with Crippen LogP contribution in [0.1, 0.15) is 41.8 Å². The predicted octanol–water partition coefficient (Wildman–Crippen LogP) is 5.65. The molecule has 2 aromatic rings. The lowest BCUT2D eigenvalue weighted by Crippen LogP contribution is -1.93. The SMILES string of the molecule is CCCc1cc(/C=C/C(=O)c2ccccc2)ccc1SCC. The van der Waals surface area contributed by atoms with Gasteiger partial charge in [0, 0.05) is 10.5 Å². The smallest absolute Gasteiger partial charge is 0.185 e. The molecule has 0 fully saturated rings. The van der Waals surface area contributed by atoms with Crippen LogP contribution in [0, 0.1) is 0 Å². The molecule has 0 aliphatic heterocycles. The number of rotatable bonds is 7. The number of benzene rings is 2. The summed E-state index contributed by atoms with van der Waals surface area (Å²) in [5.41, 5.74) is 3.20. The lowest BCUT2D eigenvalue weighted by atomic mass is 10.0. The van der Waals surface area contributed by atoms with E-state index in [2.05, 4.69) is 32.0 Å². The molecule has 0 saturated heterocycles. The van der Waals surface area contributed by atoms with Crippen LogP contribution in [0.25, 0.3) is 6.08 Å². The normalized spacial score (nSPS) is 11.0. The topological polar surface area (TPSA) is 17.1 Å². The highest BCUT2D eigenvalue weighted by Gasteiger charge is 2.04. The van der Waals surface area contributed by atoms with Crippen molar-refractivity contribution in [2.45, 2.75) is 31.6 Å². The standard InChI is InChI=1S/C20H22OS/c1-3-8-18-15-16(12-14-20(18)22-4-2)11-13-19(21)17-9-6-5-7-10-17/h5-7,9-15H,3-4,8H2,1-2H3/b13-11+. The third-order valence-corrected chi connectivity index (χ3v) is 4.39. The van der Waals surface area contributed by atoms with Crippen LogP contribution in [0.2, 0.25) is 0 Å². The molecule has 0 spiro atoms. The average molecular weight is 310 g/mol. The first-order valence-corrected chi connectivity index (χ1v) is 8.76. The number of carbonyl (C=O) groups is 1. The van der Waals surface area contributed by atoms with Crippen LogP contribution in [0.15, 0.2) is 59.5 Å². The number of carbonyl (C=O) groups excluding carboxylic acids is 1. The number of hydrogen-bond acceptors (Lipinski definition) is 2. The van der Waals surface area contributed by atoms with Gasteiger partial charge in [-0.15, -0.1) is 11.8 Å². The maximum absolute atomic E-state index is 12.1. The summed E-state index contributed by atoms with van der Waals surface area (Å²) in [7, 11) is 0. The Morgan fingerprint density at radius 1 is 1.09 bits per heavy atom. The number of hydrogen-bond donors (Lipinski definition) is 0. The fraction of sp³-hybridized carbons (Fsp3) is 0.250. The van der Waals surface area contributed by atoms with Crippen LogP contribution in [-0.2, 0) is 6.42 Å². The van der Waals surface area contributed by atoms with Gasteiger partial charge >= 0.3 is 0 Å². The van der Waals surface area contributed by atoms with Crippen molar-refractivity contribution in [3.8, 4) is 0 Å². The van der Waals surface area contributed by atoms with Crippen molar-refractivity contribution in [3.63, 3.8) is 0 Å². The van der Waals surface area contributed by atoms with Gasteiger partial charge in [-0.3, -0.25) is 4.79 Å². The molecule has 0 unspecified atom stereocenters. The van der Waals surface area contributed by atoms with E-state index in [0.717, 1.165) is 29.7 Å². The summed E-state index contributed by atoms with van der Waals surface area (Å²) in [6, 6.07) is 15.8. The third-order valence-electron chi connectivity index (χ3n) is 3.39. The Kier molecular flexibility index (Phi) is 6.47. The third kappa shape index (κ3) is 4.60. The van der Waals surface area contributed by atoms with E-state index in [0.29, 0.717) is 0 Å². The van der Waals surface area contributed by atoms with Gasteiger partial charge < -0.3 is 0 Å². The molecule has 0 amide bonds. The molecule has 22 heavy (non-hydrogen) atoms. The van der Waals surface area contributed by atoms with Crippen LogP contribution in [-0.4, -0.2) is 11.5 Å². The molecule has 114 valence electrons. The zero-order chi connectivity index (χ0) is 15.8. The molecule has 0 bridgehead atoms. The number of allylic oxidation sites excluding steroid dienone is 1. The van der Waals surface area contributed by atoms with Crippen molar-refractivity contribution in [3.05, 3.63) is 71.3 Å². The van der Waals surface area contributed by atoms with E-state index in [4.69, 9.17) is 0 Å². The molecular formula is C20H22OS. The Balaban J connectivity index is 2.17. The Morgan fingerprint density at radius 3 is 2.55 bits per heavy atom. The van der Waals surface area contributed by atoms with Gasteiger partial charge in [-0.05, 0) is 35.4 Å². The molecule has 0 aliphatic rings. The quantitative estimate of drug-likeness (QED) is 0.373. The minimum Gasteiger partial charge on any atom is -0.289 e. The molecule has 0 heterocycles. The molecule has 0 N–H and O–H groups in total. The number of aryl methyl sites for hydroxylation is 1. The second-order valence-corrected chi connectivity index (χ2v) is 6.42. The van der Waals surface area contributed by atoms with E-state index in [1.165, 1.54) is 10.5 Å². The van der Waals surface area contributed by atoms with Gasteiger partial charge in [-0.2, -0.15) is 0 Å². The largest absolute Gasteiger partial charge is 0.289 e. The summed E-state index contributed by atoms with van der Waals surface area (Å²) in [4.78, 5) is 13.5. The van der Waals surface area contributed by atoms with E-state index in [-0.39, 0.29) is 5.78 Å². The number of thioether (sulfide) groups is 1. The zero-order valence-electron chi connectivity index (χ0n) is 13.2. The van der Waals surface area contributed by atoms with E-state index in [1.54, 1.807) is 6.08 Å². The first-order chi connectivity index (χ1) is 10.7. The Morgan fingerprint density at radius 2 is 1.86 bits per heavy atom. The van der Waals surface area contributed by atoms with Crippen LogP contribution in [0.5, 0.6) is 0 Å². The molecule has 2 aromatic carbocycles. The summed E-state index contributed by atoms with van der Waals surface area (Å²) in [5, 5.41) is 0. The van der Waals surface area contributed by atoms with Gasteiger partial charge in [-0.1, -0.05) is 68.8 Å². The van der Waals surface area contributed by atoms with Crippen molar-refractivity contribution < 1.29 is 4.79 Å². The maximum atomic E-state index is 12.1. The number of ketones is 1. The first-order valence-electron chi connectivity index (χ1n) is 7.77. The summed E-state index contributed by atoms with van der Waals surface area (Å²) in [6.45, 7) is 4.37. The van der Waals surface area contributed by atoms with E-state index in [9.17, 15) is 4.79 Å². The van der Waals surface area contributed by atoms with Gasteiger partial charge in [-0.25, -0.2) is 0 Å². The van der Waals surface area contributed by atoms with Crippen LogP contribution in [0.3, 0.4) is 0 Å². The molecular weight excluding hydrogens is 288 g/mol. The van der Waals surface area contributed by atoms with Crippen molar-refractivity contribution >= 4 is 23.6 Å². The minimum absolute atomic E-state index is 0.0460. The van der Waals surface area contributed by atoms with Crippen LogP contribution < -0.4 is 0 Å². The van der Waals surface area contributed by atoms with E-state index >= 15 is 0 Å². The summed E-state index contributed by atoms with van der Waals surface area (Å²) < 4.78 is 0. The molecule has 2 rings (SSSR count). The van der Waals surface area contributed by atoms with Gasteiger partial charge in [0.25, 0.3) is 0 Å². The van der Waals surface area contributed by atoms with Crippen molar-refractivity contribution in [1.29, 1.82) is 0 Å². The molecule has 0 aliphatic carbocycles. The lowest BCUT2D eigenvalue weighted by molar-refractivity contribution is 0.104. The summed E-state index contributed by atoms with van der Waals surface area (Å²) in [5.74, 6) is 1.13. The average Bonchev–Trinajstić information content (AvgIpc) is 2.56. The predicted molar refractivity (Wildman–Crippen MR) is 96.6 cm³/mol. The molecule has 0 radical (unpaired) electrons. The van der Waals surface area contributed by atoms with Gasteiger partial charge in [0.05, 0.1) is 0 Å². The van der Waals surface area contributed by atoms with Gasteiger partial charge in [0.1, 0.15) is 0 Å². The van der Waals surface area contributed by atoms with Crippen molar-refractivity contribution in [2.24, 2.45) is 0 Å². The van der Waals surface area contributed by atoms with Gasteiger partial charge in [0.2, 0.25) is 0 Å². The molecule has 0 saturated carbocycles. The Bertz CT molecular complexity index is 644. The highest BCUT2D eigenvalue weighted by atomic mass is 32.2. The fourth-order valence-electron chi connectivity index (χ4n) is 2.33. The highest BCUT2D eigenvalue weighted by molar-refractivity contribution is 7.99. The van der Waals surface area contributed by atoms with Crippen molar-refractivity contribution in [1.82, 2.24) is 0 Å². The monoisotopic (exact) mass is 310 g/mol. The zero-order valence-corrected chi connectivity index (χ0v) is 14.0. The summed E-state index contributed by atoms with van der Waals surface area (Å²) in [6.07, 6.45) is 5.78. The van der Waals surface area contributed by atoms with Crippen molar-refractivity contribution in [2.75, 3.05) is 5.75 Å². The summed E-state index contributed by atoms with van der Waals surface area (Å²) >= 11 is 1.88. The molecule has 0 atom stereocenters. The first kappa shape index (κ1) is 16.6. The fourth-order valence-corrected chi connectivity index (χ4v) is 3.16. The molecule has 2 heteroatoms. The van der Waals surface area contributed by atoms with Crippen LogP contribution >= 0.6 is 11.8 Å².